The number of aliphatic hydroxyl groups is 2. The van der Waals surface area contributed by atoms with Gasteiger partial charge in [0.15, 0.2) is 5.60 Å². The fraction of sp³-hybridized carbons (Fsp3) is 0.762. The largest absolute Gasteiger partial charge is 0.465 e. The Hall–Kier alpha value is -2.01. The number of carbonyl (C=O) groups is 3. The van der Waals surface area contributed by atoms with Gasteiger partial charge >= 0.3 is 17.9 Å². The lowest BCUT2D eigenvalue weighted by molar-refractivity contribution is -0.347. The maximum Gasteiger partial charge on any atom is 0.303 e. The average Bonchev–Trinajstić information content (AvgIpc) is 3.45. The molecule has 3 fully saturated rings. The lowest BCUT2D eigenvalue weighted by Crippen LogP contribution is -2.71. The van der Waals surface area contributed by atoms with E-state index in [1.54, 1.807) is 19.9 Å². The van der Waals surface area contributed by atoms with E-state index >= 15 is 0 Å². The summed E-state index contributed by atoms with van der Waals surface area (Å²) >= 11 is 0. The summed E-state index contributed by atoms with van der Waals surface area (Å²) in [7, 11) is 0. The van der Waals surface area contributed by atoms with E-state index < -0.39 is 64.5 Å². The first-order chi connectivity index (χ1) is 14.3. The molecule has 0 unspecified atom stereocenters. The van der Waals surface area contributed by atoms with Gasteiger partial charge in [0.2, 0.25) is 5.79 Å². The Balaban J connectivity index is 1.91. The van der Waals surface area contributed by atoms with Gasteiger partial charge in [-0.05, 0) is 12.5 Å². The van der Waals surface area contributed by atoms with E-state index in [0.717, 1.165) is 0 Å². The monoisotopic (exact) mass is 440 g/mol. The van der Waals surface area contributed by atoms with Crippen LogP contribution >= 0.6 is 0 Å². The molecule has 2 bridgehead atoms. The molecule has 2 heterocycles. The van der Waals surface area contributed by atoms with E-state index in [4.69, 9.17) is 23.7 Å². The van der Waals surface area contributed by atoms with Crippen molar-refractivity contribution in [1.29, 1.82) is 0 Å². The summed E-state index contributed by atoms with van der Waals surface area (Å²) in [5, 5.41) is 22.5. The third-order valence-corrected chi connectivity index (χ3v) is 7.60. The van der Waals surface area contributed by atoms with Crippen LogP contribution in [0.1, 0.15) is 41.0 Å². The first kappa shape index (κ1) is 22.2. The molecule has 1 spiro atoms. The maximum atomic E-state index is 11.9. The first-order valence-corrected chi connectivity index (χ1v) is 10.2. The Kier molecular flexibility index (Phi) is 4.83. The molecule has 4 rings (SSSR count). The third kappa shape index (κ3) is 2.68. The number of fused-ring (bicyclic) bond motifs is 2. The average molecular weight is 440 g/mol. The van der Waals surface area contributed by atoms with Gasteiger partial charge in [-0.25, -0.2) is 0 Å². The second-order valence-electron chi connectivity index (χ2n) is 9.18. The fourth-order valence-corrected chi connectivity index (χ4v) is 5.97. The number of rotatable bonds is 4. The second-order valence-corrected chi connectivity index (χ2v) is 9.18. The van der Waals surface area contributed by atoms with Gasteiger partial charge in [0.05, 0.1) is 23.5 Å². The van der Waals surface area contributed by atoms with E-state index in [1.165, 1.54) is 20.8 Å². The van der Waals surface area contributed by atoms with Gasteiger partial charge in [-0.15, -0.1) is 0 Å². The summed E-state index contributed by atoms with van der Waals surface area (Å²) in [6, 6.07) is 0. The molecule has 0 aromatic rings. The van der Waals surface area contributed by atoms with Gasteiger partial charge in [-0.2, -0.15) is 0 Å². The van der Waals surface area contributed by atoms with Gasteiger partial charge in [-0.1, -0.05) is 13.0 Å². The van der Waals surface area contributed by atoms with Gasteiger partial charge in [0, 0.05) is 27.2 Å². The normalized spacial score (nSPS) is 47.3. The Morgan fingerprint density at radius 3 is 2.29 bits per heavy atom. The molecule has 172 valence electrons. The van der Waals surface area contributed by atoms with Crippen molar-refractivity contribution in [1.82, 2.24) is 0 Å². The SMILES string of the molecule is CC(=O)OC[C@]12C[C@H](OC(C)=O)C(C)=C[C@H]1O[C@]1(O)[C@H](O)[C@@H](OC(C)=O)[C@@]2(C)[C@]12CO2. The van der Waals surface area contributed by atoms with Crippen LogP contribution in [0.4, 0.5) is 0 Å². The molecule has 10 heteroatoms. The zero-order chi connectivity index (χ0) is 23.0. The number of esters is 3. The molecule has 0 aromatic heterocycles. The minimum absolute atomic E-state index is 0.0459. The Bertz CT molecular complexity index is 862. The van der Waals surface area contributed by atoms with Crippen LogP contribution in [0.2, 0.25) is 0 Å². The highest BCUT2D eigenvalue weighted by molar-refractivity contribution is 5.67. The van der Waals surface area contributed by atoms with Crippen molar-refractivity contribution in [2.75, 3.05) is 13.2 Å². The van der Waals surface area contributed by atoms with Crippen molar-refractivity contribution in [2.24, 2.45) is 10.8 Å². The van der Waals surface area contributed by atoms with E-state index in [-0.39, 0.29) is 19.6 Å². The number of carbonyl (C=O) groups excluding carboxylic acids is 3. The van der Waals surface area contributed by atoms with Gasteiger partial charge in [-0.3, -0.25) is 14.4 Å². The van der Waals surface area contributed by atoms with Crippen LogP contribution < -0.4 is 0 Å². The third-order valence-electron chi connectivity index (χ3n) is 7.60. The second kappa shape index (κ2) is 6.74. The summed E-state index contributed by atoms with van der Waals surface area (Å²) in [4.78, 5) is 35.5. The number of hydrogen-bond donors (Lipinski definition) is 2. The molecule has 0 radical (unpaired) electrons. The summed E-state index contributed by atoms with van der Waals surface area (Å²) in [6.45, 7) is 7.11. The van der Waals surface area contributed by atoms with Crippen LogP contribution in [0.3, 0.4) is 0 Å². The topological polar surface area (TPSA) is 141 Å². The molecular formula is C21H28O10. The molecule has 0 amide bonds. The standard InChI is InChI=1S/C21H28O10/c1-10-6-15-19(8-27-11(2)22,7-14(10)29-12(3)23)18(5)17(30-13(4)24)16(25)21(26,31-15)20(18)9-28-20/h6,14-17,25-26H,7-9H2,1-5H3/t14-,15+,16+,17+,18+,19+,20+,21+/m0/s1. The van der Waals surface area contributed by atoms with Crippen molar-refractivity contribution in [3.63, 3.8) is 0 Å². The highest BCUT2D eigenvalue weighted by atomic mass is 16.7. The van der Waals surface area contributed by atoms with E-state index in [9.17, 15) is 24.6 Å². The summed E-state index contributed by atoms with van der Waals surface area (Å²) in [5.74, 6) is -3.83. The first-order valence-electron chi connectivity index (χ1n) is 10.2. The summed E-state index contributed by atoms with van der Waals surface area (Å²) in [5.41, 5.74) is -3.08. The van der Waals surface area contributed by atoms with Gasteiger partial charge in [0.1, 0.15) is 24.9 Å². The van der Waals surface area contributed by atoms with E-state index in [1.807, 2.05) is 0 Å². The molecule has 10 nitrogen and oxygen atoms in total. The molecule has 31 heavy (non-hydrogen) atoms. The molecule has 2 N–H and O–H groups in total. The molecule has 0 aromatic carbocycles. The molecule has 4 aliphatic rings. The Morgan fingerprint density at radius 2 is 1.77 bits per heavy atom. The van der Waals surface area contributed by atoms with Crippen LogP contribution in [0.5, 0.6) is 0 Å². The lowest BCUT2D eigenvalue weighted by atomic mass is 9.50. The maximum absolute atomic E-state index is 11.9. The molecule has 2 aliphatic heterocycles. The van der Waals surface area contributed by atoms with Crippen molar-refractivity contribution < 1.29 is 48.3 Å². The summed E-state index contributed by atoms with van der Waals surface area (Å²) in [6.07, 6.45) is -2.48. The highest BCUT2D eigenvalue weighted by Crippen LogP contribution is 2.74. The number of hydrogen-bond acceptors (Lipinski definition) is 10. The summed E-state index contributed by atoms with van der Waals surface area (Å²) < 4.78 is 28.3. The molecular weight excluding hydrogens is 412 g/mol. The van der Waals surface area contributed by atoms with Crippen molar-refractivity contribution in [3.8, 4) is 0 Å². The van der Waals surface area contributed by atoms with Crippen LogP contribution in [-0.2, 0) is 38.1 Å². The quantitative estimate of drug-likeness (QED) is 0.265. The van der Waals surface area contributed by atoms with Crippen LogP contribution in [0.25, 0.3) is 0 Å². The van der Waals surface area contributed by atoms with Gasteiger partial charge in [0.25, 0.3) is 0 Å². The van der Waals surface area contributed by atoms with E-state index in [2.05, 4.69) is 0 Å². The molecule has 8 atom stereocenters. The Morgan fingerprint density at radius 1 is 1.16 bits per heavy atom. The zero-order valence-corrected chi connectivity index (χ0v) is 18.2. The zero-order valence-electron chi connectivity index (χ0n) is 18.2. The predicted octanol–water partition coefficient (Wildman–Crippen LogP) is -0.0135. The number of epoxide rings is 1. The molecule has 1 saturated carbocycles. The van der Waals surface area contributed by atoms with E-state index in [0.29, 0.717) is 5.57 Å². The minimum atomic E-state index is -2.14. The highest BCUT2D eigenvalue weighted by Gasteiger charge is 2.92. The smallest absolute Gasteiger partial charge is 0.303 e. The minimum Gasteiger partial charge on any atom is -0.465 e. The van der Waals surface area contributed by atoms with Crippen LogP contribution in [0.15, 0.2) is 11.6 Å². The molecule has 2 aliphatic carbocycles. The van der Waals surface area contributed by atoms with Crippen LogP contribution in [0, 0.1) is 10.8 Å². The number of ether oxygens (including phenoxy) is 5. The van der Waals surface area contributed by atoms with Crippen LogP contribution in [-0.4, -0.2) is 77.1 Å². The lowest BCUT2D eigenvalue weighted by Gasteiger charge is -2.59. The number of aliphatic hydroxyl groups excluding tert-OH is 1. The Labute approximate surface area is 179 Å². The predicted molar refractivity (Wildman–Crippen MR) is 101 cm³/mol. The van der Waals surface area contributed by atoms with Crippen molar-refractivity contribution in [2.45, 2.75) is 76.8 Å². The molecule has 2 saturated heterocycles. The van der Waals surface area contributed by atoms with Gasteiger partial charge < -0.3 is 33.9 Å². The van der Waals surface area contributed by atoms with Crippen molar-refractivity contribution >= 4 is 17.9 Å². The fourth-order valence-electron chi connectivity index (χ4n) is 5.97. The van der Waals surface area contributed by atoms with Crippen molar-refractivity contribution in [3.05, 3.63) is 11.6 Å².